The van der Waals surface area contributed by atoms with Crippen molar-refractivity contribution in [3.8, 4) is 0 Å². The van der Waals surface area contributed by atoms with Crippen LogP contribution in [0, 0.1) is 15.9 Å². The van der Waals surface area contributed by atoms with Crippen LogP contribution in [0.25, 0.3) is 0 Å². The van der Waals surface area contributed by atoms with Crippen LogP contribution >= 0.6 is 15.9 Å². The first kappa shape index (κ1) is 19.4. The summed E-state index contributed by atoms with van der Waals surface area (Å²) in [6.45, 7) is -0.248. The molecule has 0 aliphatic heterocycles. The van der Waals surface area contributed by atoms with Crippen LogP contribution in [-0.2, 0) is 10.0 Å². The highest BCUT2D eigenvalue weighted by Crippen LogP contribution is 2.28. The van der Waals surface area contributed by atoms with Gasteiger partial charge in [0.1, 0.15) is 5.82 Å². The molecule has 2 aromatic rings. The lowest BCUT2D eigenvalue weighted by atomic mass is 10.1. The van der Waals surface area contributed by atoms with Gasteiger partial charge in [-0.25, -0.2) is 12.8 Å². The van der Waals surface area contributed by atoms with E-state index in [0.717, 1.165) is 16.4 Å². The van der Waals surface area contributed by atoms with E-state index in [9.17, 15) is 22.9 Å². The minimum absolute atomic E-state index is 0.138. The number of nitro groups is 1. The number of halogens is 2. The Bertz CT molecular complexity index is 907. The van der Waals surface area contributed by atoms with Crippen LogP contribution in [0.5, 0.6) is 0 Å². The summed E-state index contributed by atoms with van der Waals surface area (Å²) < 4.78 is 40.5. The monoisotopic (exact) mass is 431 g/mol. The van der Waals surface area contributed by atoms with Gasteiger partial charge >= 0.3 is 0 Å². The summed E-state index contributed by atoms with van der Waals surface area (Å²) in [5, 5.41) is 11.1. The van der Waals surface area contributed by atoms with Gasteiger partial charge in [-0.15, -0.1) is 0 Å². The van der Waals surface area contributed by atoms with Crippen LogP contribution in [0.1, 0.15) is 11.6 Å². The number of nitrogens with two attached hydrogens (primary N) is 1. The Morgan fingerprint density at radius 2 is 1.92 bits per heavy atom. The van der Waals surface area contributed by atoms with Crippen molar-refractivity contribution < 1.29 is 17.7 Å². The second kappa shape index (κ2) is 7.56. The van der Waals surface area contributed by atoms with E-state index in [4.69, 9.17) is 5.73 Å². The van der Waals surface area contributed by atoms with E-state index in [1.165, 1.54) is 31.3 Å². The average Bonchev–Trinajstić information content (AvgIpc) is 2.57. The number of nitro benzene ring substituents is 1. The number of benzene rings is 2. The maximum atomic E-state index is 14.1. The lowest BCUT2D eigenvalue weighted by Crippen LogP contribution is -2.34. The topological polar surface area (TPSA) is 107 Å². The molecule has 0 saturated carbocycles. The molecule has 0 amide bonds. The van der Waals surface area contributed by atoms with Crippen molar-refractivity contribution in [3.63, 3.8) is 0 Å². The van der Waals surface area contributed by atoms with Gasteiger partial charge in [0.05, 0.1) is 9.40 Å². The van der Waals surface area contributed by atoms with E-state index < -0.39 is 37.4 Å². The zero-order valence-electron chi connectivity index (χ0n) is 13.1. The second-order valence-electron chi connectivity index (χ2n) is 5.26. The van der Waals surface area contributed by atoms with E-state index in [1.54, 1.807) is 6.07 Å². The molecule has 7 nitrogen and oxygen atoms in total. The van der Waals surface area contributed by atoms with Gasteiger partial charge in [-0.3, -0.25) is 10.1 Å². The Labute approximate surface area is 152 Å². The maximum absolute atomic E-state index is 14.1. The van der Waals surface area contributed by atoms with E-state index in [2.05, 4.69) is 15.9 Å². The summed E-state index contributed by atoms with van der Waals surface area (Å²) in [6, 6.07) is 8.61. The highest BCUT2D eigenvalue weighted by Gasteiger charge is 2.30. The molecule has 25 heavy (non-hydrogen) atoms. The molecule has 0 aliphatic carbocycles. The van der Waals surface area contributed by atoms with Gasteiger partial charge in [-0.05, 0) is 28.1 Å². The number of nitrogens with zero attached hydrogens (tertiary/aromatic N) is 2. The maximum Gasteiger partial charge on any atom is 0.289 e. The smallest absolute Gasteiger partial charge is 0.289 e. The fourth-order valence-electron chi connectivity index (χ4n) is 2.27. The van der Waals surface area contributed by atoms with Gasteiger partial charge < -0.3 is 5.73 Å². The van der Waals surface area contributed by atoms with Gasteiger partial charge in [0, 0.05) is 31.3 Å². The normalized spacial score (nSPS) is 13.0. The molecule has 0 radical (unpaired) electrons. The number of hydrogen-bond acceptors (Lipinski definition) is 5. The molecule has 0 fully saturated rings. The summed E-state index contributed by atoms with van der Waals surface area (Å²) in [4.78, 5) is 9.85. The molecular formula is C15H15BrFN3O4S. The number of likely N-dealkylation sites (N-methyl/N-ethyl adjacent to an activating group) is 1. The van der Waals surface area contributed by atoms with Crippen molar-refractivity contribution >= 4 is 31.6 Å². The molecule has 0 spiro atoms. The largest absolute Gasteiger partial charge is 0.323 e. The number of sulfonamides is 1. The van der Waals surface area contributed by atoms with E-state index >= 15 is 0 Å². The summed E-state index contributed by atoms with van der Waals surface area (Å²) in [5.74, 6) is -0.577. The Morgan fingerprint density at radius 3 is 2.56 bits per heavy atom. The van der Waals surface area contributed by atoms with Gasteiger partial charge in [-0.2, -0.15) is 4.31 Å². The Morgan fingerprint density at radius 1 is 1.28 bits per heavy atom. The second-order valence-corrected chi connectivity index (χ2v) is 8.13. The minimum Gasteiger partial charge on any atom is -0.323 e. The van der Waals surface area contributed by atoms with Gasteiger partial charge in [0.15, 0.2) is 4.90 Å². The molecule has 134 valence electrons. The van der Waals surface area contributed by atoms with Crippen LogP contribution < -0.4 is 5.73 Å². The standard InChI is InChI=1S/C15H15BrFN3O4S/c1-19(9-12(18)10-5-4-6-11(16)15(10)17)25(23,24)14-8-3-2-7-13(14)20(21)22/h2-8,12H,9,18H2,1H3/t12-/m1/s1. The highest BCUT2D eigenvalue weighted by atomic mass is 79.9. The van der Waals surface area contributed by atoms with Gasteiger partial charge in [0.25, 0.3) is 5.69 Å². The Balaban J connectivity index is 2.32. The molecule has 2 aromatic carbocycles. The quantitative estimate of drug-likeness (QED) is 0.558. The Hall–Kier alpha value is -1.88. The zero-order chi connectivity index (χ0) is 18.8. The van der Waals surface area contributed by atoms with Crippen LogP contribution in [0.15, 0.2) is 51.8 Å². The van der Waals surface area contributed by atoms with Crippen molar-refractivity contribution in [1.29, 1.82) is 0 Å². The van der Waals surface area contributed by atoms with E-state index in [0.29, 0.717) is 0 Å². The molecule has 0 aliphatic rings. The zero-order valence-corrected chi connectivity index (χ0v) is 15.5. The van der Waals surface area contributed by atoms with E-state index in [-0.39, 0.29) is 16.6 Å². The minimum atomic E-state index is -4.16. The first-order chi connectivity index (χ1) is 11.7. The first-order valence-electron chi connectivity index (χ1n) is 7.05. The van der Waals surface area contributed by atoms with Crippen LogP contribution in [-0.4, -0.2) is 31.2 Å². The molecular weight excluding hydrogens is 417 g/mol. The first-order valence-corrected chi connectivity index (χ1v) is 9.28. The molecule has 0 bridgehead atoms. The third-order valence-corrected chi connectivity index (χ3v) is 6.07. The number of hydrogen-bond donors (Lipinski definition) is 1. The predicted octanol–water partition coefficient (Wildman–Crippen LogP) is 2.82. The SMILES string of the molecule is CN(C[C@@H](N)c1cccc(Br)c1F)S(=O)(=O)c1ccccc1[N+](=O)[O-]. The lowest BCUT2D eigenvalue weighted by Gasteiger charge is -2.22. The molecule has 10 heteroatoms. The molecule has 0 unspecified atom stereocenters. The number of para-hydroxylation sites is 1. The van der Waals surface area contributed by atoms with Crippen LogP contribution in [0.3, 0.4) is 0 Å². The third kappa shape index (κ3) is 4.03. The summed E-state index contributed by atoms with van der Waals surface area (Å²) in [5.41, 5.74) is 5.54. The summed E-state index contributed by atoms with van der Waals surface area (Å²) >= 11 is 3.04. The van der Waals surface area contributed by atoms with E-state index in [1.807, 2.05) is 0 Å². The molecule has 2 N–H and O–H groups in total. The predicted molar refractivity (Wildman–Crippen MR) is 93.9 cm³/mol. The van der Waals surface area contributed by atoms with Crippen LogP contribution in [0.4, 0.5) is 10.1 Å². The number of rotatable bonds is 6. The Kier molecular flexibility index (Phi) is 5.88. The van der Waals surface area contributed by atoms with Gasteiger partial charge in [-0.1, -0.05) is 24.3 Å². The molecule has 0 aromatic heterocycles. The van der Waals surface area contributed by atoms with Crippen molar-refractivity contribution in [2.24, 2.45) is 5.73 Å². The molecule has 0 heterocycles. The van der Waals surface area contributed by atoms with Crippen molar-refractivity contribution in [1.82, 2.24) is 4.31 Å². The molecule has 1 atom stereocenters. The lowest BCUT2D eigenvalue weighted by molar-refractivity contribution is -0.387. The molecule has 2 rings (SSSR count). The average molecular weight is 432 g/mol. The van der Waals surface area contributed by atoms with Crippen molar-refractivity contribution in [3.05, 3.63) is 68.4 Å². The van der Waals surface area contributed by atoms with Crippen molar-refractivity contribution in [2.45, 2.75) is 10.9 Å². The van der Waals surface area contributed by atoms with Gasteiger partial charge in [0.2, 0.25) is 10.0 Å². The fraction of sp³-hybridized carbons (Fsp3) is 0.200. The van der Waals surface area contributed by atoms with Crippen molar-refractivity contribution in [2.75, 3.05) is 13.6 Å². The highest BCUT2D eigenvalue weighted by molar-refractivity contribution is 9.10. The third-order valence-electron chi connectivity index (χ3n) is 3.58. The fourth-order valence-corrected chi connectivity index (χ4v) is 4.01. The summed E-state index contributed by atoms with van der Waals surface area (Å²) in [7, 11) is -2.93. The van der Waals surface area contributed by atoms with Crippen LogP contribution in [0.2, 0.25) is 0 Å². The summed E-state index contributed by atoms with van der Waals surface area (Å²) in [6.07, 6.45) is 0. The molecule has 0 saturated heterocycles.